The molecule has 0 saturated carbocycles. The van der Waals surface area contributed by atoms with E-state index in [1.807, 2.05) is 31.2 Å². The van der Waals surface area contributed by atoms with Gasteiger partial charge in [-0.3, -0.25) is 4.79 Å². The van der Waals surface area contributed by atoms with Crippen LogP contribution in [-0.2, 0) is 4.79 Å². The van der Waals surface area contributed by atoms with Gasteiger partial charge in [-0.25, -0.2) is 0 Å². The standard InChI is InChI=1S/C17H23N3O/c1-2-6-14(13-18)17(21)19-15-7-9-16(10-8-15)20-11-4-3-5-12-20/h7-10,14H,2-6,11-12H2,1H3,(H,19,21). The van der Waals surface area contributed by atoms with Gasteiger partial charge in [-0.2, -0.15) is 5.26 Å². The summed E-state index contributed by atoms with van der Waals surface area (Å²) < 4.78 is 0. The van der Waals surface area contributed by atoms with E-state index >= 15 is 0 Å². The molecule has 2 rings (SSSR count). The Bertz CT molecular complexity index is 498. The lowest BCUT2D eigenvalue weighted by molar-refractivity contribution is -0.118. The average Bonchev–Trinajstić information content (AvgIpc) is 2.54. The Labute approximate surface area is 126 Å². The Hall–Kier alpha value is -2.02. The molecule has 1 heterocycles. The largest absolute Gasteiger partial charge is 0.372 e. The average molecular weight is 285 g/mol. The Morgan fingerprint density at radius 1 is 1.29 bits per heavy atom. The fourth-order valence-electron chi connectivity index (χ4n) is 2.68. The molecule has 0 spiro atoms. The van der Waals surface area contributed by atoms with Gasteiger partial charge in [-0.1, -0.05) is 13.3 Å². The lowest BCUT2D eigenvalue weighted by Gasteiger charge is -2.28. The van der Waals surface area contributed by atoms with E-state index in [1.165, 1.54) is 24.9 Å². The van der Waals surface area contributed by atoms with Gasteiger partial charge in [0.25, 0.3) is 0 Å². The second-order valence-electron chi connectivity index (χ2n) is 5.55. The van der Waals surface area contributed by atoms with Crippen LogP contribution in [-0.4, -0.2) is 19.0 Å². The molecule has 4 nitrogen and oxygen atoms in total. The first-order chi connectivity index (χ1) is 10.2. The summed E-state index contributed by atoms with van der Waals surface area (Å²) in [7, 11) is 0. The molecule has 0 aliphatic carbocycles. The number of nitriles is 1. The molecular formula is C17H23N3O. The first kappa shape index (κ1) is 15.4. The van der Waals surface area contributed by atoms with Crippen LogP contribution in [0.15, 0.2) is 24.3 Å². The molecule has 1 amide bonds. The highest BCUT2D eigenvalue weighted by molar-refractivity contribution is 5.94. The number of nitrogens with zero attached hydrogens (tertiary/aromatic N) is 2. The molecule has 1 aliphatic rings. The minimum Gasteiger partial charge on any atom is -0.372 e. The zero-order valence-electron chi connectivity index (χ0n) is 12.6. The van der Waals surface area contributed by atoms with E-state index in [-0.39, 0.29) is 5.91 Å². The van der Waals surface area contributed by atoms with Crippen LogP contribution in [0.1, 0.15) is 39.0 Å². The zero-order chi connectivity index (χ0) is 15.1. The van der Waals surface area contributed by atoms with E-state index in [0.717, 1.165) is 25.2 Å². The SMILES string of the molecule is CCCC(C#N)C(=O)Nc1ccc(N2CCCCC2)cc1. The van der Waals surface area contributed by atoms with Gasteiger partial charge in [0.1, 0.15) is 5.92 Å². The zero-order valence-corrected chi connectivity index (χ0v) is 12.6. The number of benzene rings is 1. The van der Waals surface area contributed by atoms with Crippen LogP contribution in [0.2, 0.25) is 0 Å². The van der Waals surface area contributed by atoms with Crippen molar-refractivity contribution in [2.75, 3.05) is 23.3 Å². The molecule has 1 saturated heterocycles. The molecule has 21 heavy (non-hydrogen) atoms. The summed E-state index contributed by atoms with van der Waals surface area (Å²) >= 11 is 0. The number of hydrogen-bond donors (Lipinski definition) is 1. The van der Waals surface area contributed by atoms with Crippen molar-refractivity contribution in [3.63, 3.8) is 0 Å². The summed E-state index contributed by atoms with van der Waals surface area (Å²) in [4.78, 5) is 14.4. The third-order valence-electron chi connectivity index (χ3n) is 3.91. The topological polar surface area (TPSA) is 56.1 Å². The van der Waals surface area contributed by atoms with E-state index in [0.29, 0.717) is 6.42 Å². The van der Waals surface area contributed by atoms with Gasteiger partial charge in [0.15, 0.2) is 0 Å². The van der Waals surface area contributed by atoms with Crippen molar-refractivity contribution in [1.29, 1.82) is 5.26 Å². The number of nitrogens with one attached hydrogen (secondary N) is 1. The lowest BCUT2D eigenvalue weighted by atomic mass is 10.0. The van der Waals surface area contributed by atoms with Gasteiger partial charge < -0.3 is 10.2 Å². The minimum absolute atomic E-state index is 0.204. The Balaban J connectivity index is 1.95. The van der Waals surface area contributed by atoms with Crippen molar-refractivity contribution < 1.29 is 4.79 Å². The maximum absolute atomic E-state index is 12.0. The molecule has 1 aromatic rings. The number of carbonyl (C=O) groups excluding carboxylic acids is 1. The van der Waals surface area contributed by atoms with E-state index in [9.17, 15) is 4.79 Å². The fraction of sp³-hybridized carbons (Fsp3) is 0.529. The maximum Gasteiger partial charge on any atom is 0.241 e. The van der Waals surface area contributed by atoms with E-state index < -0.39 is 5.92 Å². The summed E-state index contributed by atoms with van der Waals surface area (Å²) in [6, 6.07) is 9.99. The van der Waals surface area contributed by atoms with Crippen molar-refractivity contribution in [2.45, 2.75) is 39.0 Å². The van der Waals surface area contributed by atoms with Crippen LogP contribution in [0.5, 0.6) is 0 Å². The highest BCUT2D eigenvalue weighted by Crippen LogP contribution is 2.22. The second kappa shape index (κ2) is 7.68. The van der Waals surface area contributed by atoms with E-state index in [2.05, 4.69) is 16.3 Å². The smallest absolute Gasteiger partial charge is 0.241 e. The molecule has 112 valence electrons. The molecule has 1 unspecified atom stereocenters. The normalized spacial score (nSPS) is 16.1. The summed E-state index contributed by atoms with van der Waals surface area (Å²) in [5.41, 5.74) is 1.97. The molecule has 0 aromatic heterocycles. The van der Waals surface area contributed by atoms with E-state index in [1.54, 1.807) is 0 Å². The van der Waals surface area contributed by atoms with Crippen molar-refractivity contribution >= 4 is 17.3 Å². The van der Waals surface area contributed by atoms with Crippen LogP contribution in [0, 0.1) is 17.2 Å². The highest BCUT2D eigenvalue weighted by atomic mass is 16.1. The first-order valence-electron chi connectivity index (χ1n) is 7.80. The van der Waals surface area contributed by atoms with Crippen molar-refractivity contribution in [3.05, 3.63) is 24.3 Å². The number of piperidine rings is 1. The number of anilines is 2. The molecule has 1 aromatic carbocycles. The quantitative estimate of drug-likeness (QED) is 0.900. The van der Waals surface area contributed by atoms with Gasteiger partial charge >= 0.3 is 0 Å². The molecular weight excluding hydrogens is 262 g/mol. The van der Waals surface area contributed by atoms with Crippen LogP contribution in [0.4, 0.5) is 11.4 Å². The third kappa shape index (κ3) is 4.22. The van der Waals surface area contributed by atoms with Crippen LogP contribution >= 0.6 is 0 Å². The lowest BCUT2D eigenvalue weighted by Crippen LogP contribution is -2.29. The molecule has 0 bridgehead atoms. The number of carbonyl (C=O) groups is 1. The van der Waals surface area contributed by atoms with Crippen LogP contribution < -0.4 is 10.2 Å². The first-order valence-corrected chi connectivity index (χ1v) is 7.80. The molecule has 1 fully saturated rings. The van der Waals surface area contributed by atoms with Gasteiger partial charge in [0, 0.05) is 24.5 Å². The van der Waals surface area contributed by atoms with E-state index in [4.69, 9.17) is 5.26 Å². The Morgan fingerprint density at radius 2 is 1.95 bits per heavy atom. The number of amides is 1. The molecule has 0 radical (unpaired) electrons. The Morgan fingerprint density at radius 3 is 2.52 bits per heavy atom. The van der Waals surface area contributed by atoms with Crippen molar-refractivity contribution in [3.8, 4) is 6.07 Å². The van der Waals surface area contributed by atoms with Crippen LogP contribution in [0.3, 0.4) is 0 Å². The third-order valence-corrected chi connectivity index (χ3v) is 3.91. The minimum atomic E-state index is -0.559. The van der Waals surface area contributed by atoms with Gasteiger partial charge in [-0.15, -0.1) is 0 Å². The summed E-state index contributed by atoms with van der Waals surface area (Å²) in [6.45, 7) is 4.20. The molecule has 1 aliphatic heterocycles. The predicted octanol–water partition coefficient (Wildman–Crippen LogP) is 3.56. The fourth-order valence-corrected chi connectivity index (χ4v) is 2.68. The van der Waals surface area contributed by atoms with Crippen molar-refractivity contribution in [2.24, 2.45) is 5.92 Å². The number of hydrogen-bond acceptors (Lipinski definition) is 3. The summed E-state index contributed by atoms with van der Waals surface area (Å²) in [5.74, 6) is -0.762. The molecule has 1 atom stereocenters. The van der Waals surface area contributed by atoms with Gasteiger partial charge in [-0.05, 0) is 49.9 Å². The monoisotopic (exact) mass is 285 g/mol. The summed E-state index contributed by atoms with van der Waals surface area (Å²) in [6.07, 6.45) is 5.25. The second-order valence-corrected chi connectivity index (χ2v) is 5.55. The predicted molar refractivity (Wildman–Crippen MR) is 85.1 cm³/mol. The summed E-state index contributed by atoms with van der Waals surface area (Å²) in [5, 5.41) is 11.8. The van der Waals surface area contributed by atoms with Crippen molar-refractivity contribution in [1.82, 2.24) is 0 Å². The Kier molecular flexibility index (Phi) is 5.62. The van der Waals surface area contributed by atoms with Crippen LogP contribution in [0.25, 0.3) is 0 Å². The maximum atomic E-state index is 12.0. The molecule has 1 N–H and O–H groups in total. The van der Waals surface area contributed by atoms with Gasteiger partial charge in [0.05, 0.1) is 6.07 Å². The molecule has 4 heteroatoms. The number of rotatable bonds is 5. The highest BCUT2D eigenvalue weighted by Gasteiger charge is 2.17. The van der Waals surface area contributed by atoms with Gasteiger partial charge in [0.2, 0.25) is 5.91 Å².